The number of hydrogen-bond acceptors (Lipinski definition) is 4. The van der Waals surface area contributed by atoms with E-state index < -0.39 is 10.0 Å². The second-order valence-electron chi connectivity index (χ2n) is 6.88. The summed E-state index contributed by atoms with van der Waals surface area (Å²) in [5.41, 5.74) is 0.304. The fourth-order valence-electron chi connectivity index (χ4n) is 2.97. The third-order valence-electron chi connectivity index (χ3n) is 4.45. The molecule has 2 aliphatic rings. The summed E-state index contributed by atoms with van der Waals surface area (Å²) < 4.78 is 33.0. The average Bonchev–Trinajstić information content (AvgIpc) is 3.36. The highest BCUT2D eigenvalue weighted by Crippen LogP contribution is 2.29. The van der Waals surface area contributed by atoms with Crippen molar-refractivity contribution in [2.75, 3.05) is 19.6 Å². The number of rotatable bonds is 5. The standard InChI is InChI=1S/C17H23ClN2O4S/c1-11-9-20(10-12(2)24-11)25(22,23)16-7-14(5-6-15(16)18)17(21)19-8-13-3-4-13/h5-7,11-13H,3-4,8-10H2,1-2H3,(H,19,21)/t11-,12+. The van der Waals surface area contributed by atoms with E-state index in [1.165, 1.54) is 16.4 Å². The lowest BCUT2D eigenvalue weighted by atomic mass is 10.2. The third-order valence-corrected chi connectivity index (χ3v) is 6.76. The van der Waals surface area contributed by atoms with E-state index in [-0.39, 0.29) is 41.1 Å². The number of halogens is 1. The molecule has 1 saturated carbocycles. The minimum atomic E-state index is -3.79. The first-order valence-electron chi connectivity index (χ1n) is 8.50. The van der Waals surface area contributed by atoms with Gasteiger partial charge in [-0.2, -0.15) is 4.31 Å². The van der Waals surface area contributed by atoms with Gasteiger partial charge in [0.15, 0.2) is 0 Å². The zero-order chi connectivity index (χ0) is 18.2. The van der Waals surface area contributed by atoms with Gasteiger partial charge in [-0.3, -0.25) is 4.79 Å². The Morgan fingerprint density at radius 2 is 1.92 bits per heavy atom. The van der Waals surface area contributed by atoms with Crippen LogP contribution in [0.15, 0.2) is 23.1 Å². The molecule has 2 atom stereocenters. The van der Waals surface area contributed by atoms with Crippen molar-refractivity contribution in [1.29, 1.82) is 0 Å². The minimum absolute atomic E-state index is 0.0328. The first-order valence-corrected chi connectivity index (χ1v) is 10.3. The molecule has 6 nitrogen and oxygen atoms in total. The molecule has 8 heteroatoms. The number of morpholine rings is 1. The Morgan fingerprint density at radius 3 is 2.52 bits per heavy atom. The zero-order valence-corrected chi connectivity index (χ0v) is 15.9. The second-order valence-corrected chi connectivity index (χ2v) is 9.19. The number of carbonyl (C=O) groups is 1. The van der Waals surface area contributed by atoms with E-state index in [4.69, 9.17) is 16.3 Å². The van der Waals surface area contributed by atoms with Gasteiger partial charge in [0.1, 0.15) is 4.90 Å². The molecule has 1 aliphatic carbocycles. The lowest BCUT2D eigenvalue weighted by Gasteiger charge is -2.34. The Kier molecular flexibility index (Phi) is 5.39. The van der Waals surface area contributed by atoms with E-state index in [9.17, 15) is 13.2 Å². The molecule has 1 amide bonds. The number of hydrogen-bond donors (Lipinski definition) is 1. The lowest BCUT2D eigenvalue weighted by molar-refractivity contribution is -0.0440. The van der Waals surface area contributed by atoms with Crippen molar-refractivity contribution in [2.24, 2.45) is 5.92 Å². The van der Waals surface area contributed by atoms with E-state index >= 15 is 0 Å². The summed E-state index contributed by atoms with van der Waals surface area (Å²) in [7, 11) is -3.79. The molecule has 1 saturated heterocycles. The van der Waals surface area contributed by atoms with Crippen LogP contribution in [0.3, 0.4) is 0 Å². The highest BCUT2D eigenvalue weighted by atomic mass is 35.5. The Labute approximate surface area is 153 Å². The van der Waals surface area contributed by atoms with Crippen LogP contribution in [0.25, 0.3) is 0 Å². The van der Waals surface area contributed by atoms with Crippen LogP contribution >= 0.6 is 11.6 Å². The van der Waals surface area contributed by atoms with Gasteiger partial charge in [0, 0.05) is 25.2 Å². The van der Waals surface area contributed by atoms with E-state index in [1.807, 2.05) is 13.8 Å². The lowest BCUT2D eigenvalue weighted by Crippen LogP contribution is -2.48. The summed E-state index contributed by atoms with van der Waals surface area (Å²) in [5.74, 6) is 0.277. The van der Waals surface area contributed by atoms with Crippen molar-refractivity contribution < 1.29 is 17.9 Å². The van der Waals surface area contributed by atoms with Crippen LogP contribution in [-0.2, 0) is 14.8 Å². The largest absolute Gasteiger partial charge is 0.373 e. The predicted octanol–water partition coefficient (Wildman–Crippen LogP) is 2.28. The smallest absolute Gasteiger partial charge is 0.251 e. The normalized spacial score (nSPS) is 24.9. The van der Waals surface area contributed by atoms with Gasteiger partial charge in [0.2, 0.25) is 10.0 Å². The number of nitrogens with zero attached hydrogens (tertiary/aromatic N) is 1. The molecule has 0 radical (unpaired) electrons. The molecule has 0 unspecified atom stereocenters. The monoisotopic (exact) mass is 386 g/mol. The molecule has 0 spiro atoms. The summed E-state index contributed by atoms with van der Waals surface area (Å²) in [6.45, 7) is 4.83. The number of amides is 1. The summed E-state index contributed by atoms with van der Waals surface area (Å²) in [5, 5.41) is 2.96. The van der Waals surface area contributed by atoms with E-state index in [1.54, 1.807) is 6.07 Å². The number of carbonyl (C=O) groups excluding carboxylic acids is 1. The van der Waals surface area contributed by atoms with Gasteiger partial charge >= 0.3 is 0 Å². The maximum absolute atomic E-state index is 13.0. The molecule has 1 N–H and O–H groups in total. The summed E-state index contributed by atoms with van der Waals surface area (Å²) >= 11 is 6.15. The number of ether oxygens (including phenoxy) is 1. The van der Waals surface area contributed by atoms with Crippen LogP contribution in [0.2, 0.25) is 5.02 Å². The maximum Gasteiger partial charge on any atom is 0.251 e. The summed E-state index contributed by atoms with van der Waals surface area (Å²) in [4.78, 5) is 12.2. The van der Waals surface area contributed by atoms with Crippen molar-refractivity contribution in [3.8, 4) is 0 Å². The molecule has 1 aromatic rings. The minimum Gasteiger partial charge on any atom is -0.373 e. The van der Waals surface area contributed by atoms with Crippen LogP contribution in [0.4, 0.5) is 0 Å². The first kappa shape index (κ1) is 18.6. The van der Waals surface area contributed by atoms with Gasteiger partial charge in [-0.25, -0.2) is 8.42 Å². The van der Waals surface area contributed by atoms with Crippen LogP contribution in [-0.4, -0.2) is 50.5 Å². The molecule has 138 valence electrons. The van der Waals surface area contributed by atoms with Crippen molar-refractivity contribution in [1.82, 2.24) is 9.62 Å². The Balaban J connectivity index is 1.84. The van der Waals surface area contributed by atoms with Gasteiger partial charge in [-0.15, -0.1) is 0 Å². The van der Waals surface area contributed by atoms with Gasteiger partial charge < -0.3 is 10.1 Å². The quantitative estimate of drug-likeness (QED) is 0.842. The SMILES string of the molecule is C[C@@H]1CN(S(=O)(=O)c2cc(C(=O)NCC3CC3)ccc2Cl)C[C@H](C)O1. The second kappa shape index (κ2) is 7.23. The van der Waals surface area contributed by atoms with Gasteiger partial charge in [0.25, 0.3) is 5.91 Å². The van der Waals surface area contributed by atoms with Crippen LogP contribution < -0.4 is 5.32 Å². The highest BCUT2D eigenvalue weighted by Gasteiger charge is 2.34. The van der Waals surface area contributed by atoms with Gasteiger partial charge in [0.05, 0.1) is 17.2 Å². The van der Waals surface area contributed by atoms with Crippen LogP contribution in [0, 0.1) is 5.92 Å². The van der Waals surface area contributed by atoms with Crippen molar-refractivity contribution >= 4 is 27.5 Å². The fourth-order valence-corrected chi connectivity index (χ4v) is 5.06. The topological polar surface area (TPSA) is 75.7 Å². The van der Waals surface area contributed by atoms with Crippen molar-refractivity contribution in [2.45, 2.75) is 43.8 Å². The molecule has 25 heavy (non-hydrogen) atoms. The Morgan fingerprint density at radius 1 is 1.28 bits per heavy atom. The summed E-state index contributed by atoms with van der Waals surface area (Å²) in [6, 6.07) is 4.38. The van der Waals surface area contributed by atoms with Crippen molar-refractivity contribution in [3.63, 3.8) is 0 Å². The predicted molar refractivity (Wildman–Crippen MR) is 95.3 cm³/mol. The molecule has 1 aliphatic heterocycles. The number of sulfonamides is 1. The number of nitrogens with one attached hydrogen (secondary N) is 1. The Bertz CT molecular complexity index is 754. The van der Waals surface area contributed by atoms with E-state index in [0.29, 0.717) is 18.0 Å². The van der Waals surface area contributed by atoms with Gasteiger partial charge in [-0.05, 0) is 50.8 Å². The zero-order valence-electron chi connectivity index (χ0n) is 14.4. The molecule has 0 bridgehead atoms. The maximum atomic E-state index is 13.0. The van der Waals surface area contributed by atoms with Crippen molar-refractivity contribution in [3.05, 3.63) is 28.8 Å². The molecule has 1 aromatic carbocycles. The number of benzene rings is 1. The first-order chi connectivity index (χ1) is 11.8. The molecular weight excluding hydrogens is 364 g/mol. The molecule has 2 fully saturated rings. The van der Waals surface area contributed by atoms with E-state index in [2.05, 4.69) is 5.32 Å². The molecule has 1 heterocycles. The van der Waals surface area contributed by atoms with Crippen LogP contribution in [0.1, 0.15) is 37.0 Å². The third kappa shape index (κ3) is 4.34. The van der Waals surface area contributed by atoms with E-state index in [0.717, 1.165) is 12.8 Å². The molecule has 3 rings (SSSR count). The summed E-state index contributed by atoms with van der Waals surface area (Å²) in [6.07, 6.45) is 1.88. The van der Waals surface area contributed by atoms with Gasteiger partial charge in [-0.1, -0.05) is 11.6 Å². The average molecular weight is 387 g/mol. The van der Waals surface area contributed by atoms with Crippen LogP contribution in [0.5, 0.6) is 0 Å². The molecular formula is C17H23ClN2O4S. The molecule has 0 aromatic heterocycles. The fraction of sp³-hybridized carbons (Fsp3) is 0.588. The Hall–Kier alpha value is -1.15. The highest BCUT2D eigenvalue weighted by molar-refractivity contribution is 7.89.